The van der Waals surface area contributed by atoms with Crippen LogP contribution in [0.4, 0.5) is 0 Å². The molecule has 0 aromatic carbocycles. The minimum atomic E-state index is 0.129. The molecule has 3 rings (SSSR count). The predicted octanol–water partition coefficient (Wildman–Crippen LogP) is 4.30. The first-order valence-corrected chi connectivity index (χ1v) is 6.81. The number of hydrogen-bond donors (Lipinski definition) is 0. The number of ether oxygens (including phenoxy) is 1. The van der Waals surface area contributed by atoms with Crippen LogP contribution < -0.4 is 0 Å². The summed E-state index contributed by atoms with van der Waals surface area (Å²) in [5.74, 6) is 1.03. The summed E-state index contributed by atoms with van der Waals surface area (Å²) in [6.45, 7) is 6.81. The van der Waals surface area contributed by atoms with Crippen molar-refractivity contribution in [3.8, 4) is 0 Å². The molecule has 3 aliphatic rings. The van der Waals surface area contributed by atoms with Gasteiger partial charge in [0.2, 0.25) is 0 Å². The van der Waals surface area contributed by atoms with E-state index in [9.17, 15) is 0 Å². The normalized spacial score (nSPS) is 35.8. The van der Waals surface area contributed by atoms with Crippen LogP contribution in [0.1, 0.15) is 72.1 Å². The molecule has 3 fully saturated rings. The molecule has 0 N–H and O–H groups in total. The summed E-state index contributed by atoms with van der Waals surface area (Å²) in [4.78, 5) is 0. The highest BCUT2D eigenvalue weighted by Gasteiger charge is 2.44. The quantitative estimate of drug-likeness (QED) is 0.672. The van der Waals surface area contributed by atoms with Crippen molar-refractivity contribution >= 4 is 0 Å². The van der Waals surface area contributed by atoms with Crippen LogP contribution in [0.3, 0.4) is 0 Å². The minimum Gasteiger partial charge on any atom is -0.369 e. The van der Waals surface area contributed by atoms with Crippen molar-refractivity contribution in [2.75, 3.05) is 0 Å². The molecule has 3 aliphatic carbocycles. The van der Waals surface area contributed by atoms with E-state index in [1.807, 2.05) is 0 Å². The van der Waals surface area contributed by atoms with E-state index in [0.29, 0.717) is 0 Å². The Morgan fingerprint density at radius 2 is 1.53 bits per heavy atom. The van der Waals surface area contributed by atoms with Gasteiger partial charge < -0.3 is 4.74 Å². The third-order valence-corrected chi connectivity index (χ3v) is 4.98. The second kappa shape index (κ2) is 4.08. The number of fused-ring (bicyclic) bond motifs is 3. The third-order valence-electron chi connectivity index (χ3n) is 4.98. The Morgan fingerprint density at radius 3 is 1.93 bits per heavy atom. The van der Waals surface area contributed by atoms with Crippen molar-refractivity contribution in [2.24, 2.45) is 5.92 Å². The van der Waals surface area contributed by atoms with Crippen LogP contribution in [-0.2, 0) is 4.74 Å². The van der Waals surface area contributed by atoms with E-state index < -0.39 is 0 Å². The van der Waals surface area contributed by atoms with Crippen molar-refractivity contribution in [1.29, 1.82) is 0 Å². The Bertz CT molecular complexity index is 196. The van der Waals surface area contributed by atoms with Gasteiger partial charge in [-0.15, -0.1) is 0 Å². The van der Waals surface area contributed by atoms with Crippen molar-refractivity contribution < 1.29 is 4.74 Å². The van der Waals surface area contributed by atoms with Crippen LogP contribution in [0.5, 0.6) is 0 Å². The largest absolute Gasteiger partial charge is 0.369 e. The Kier molecular flexibility index (Phi) is 3.12. The zero-order valence-corrected chi connectivity index (χ0v) is 10.6. The molecule has 0 aliphatic heterocycles. The van der Waals surface area contributed by atoms with Crippen molar-refractivity contribution in [2.45, 2.75) is 83.3 Å². The van der Waals surface area contributed by atoms with Gasteiger partial charge in [-0.3, -0.25) is 0 Å². The van der Waals surface area contributed by atoms with Crippen LogP contribution in [0.2, 0.25) is 0 Å². The molecule has 3 saturated carbocycles. The van der Waals surface area contributed by atoms with E-state index in [1.165, 1.54) is 38.5 Å². The zero-order valence-electron chi connectivity index (χ0n) is 10.6. The van der Waals surface area contributed by atoms with Gasteiger partial charge in [0.15, 0.2) is 0 Å². The third kappa shape index (κ3) is 2.22. The smallest absolute Gasteiger partial charge is 0.0690 e. The van der Waals surface area contributed by atoms with E-state index in [0.717, 1.165) is 18.8 Å². The standard InChI is InChI=1S/C14H26O/c1-4-13(3,5-2)15-14-9-6-12(7-10-14)8-11-14/h12H,4-11H2,1-3H3. The lowest BCUT2D eigenvalue weighted by atomic mass is 9.67. The van der Waals surface area contributed by atoms with E-state index in [1.54, 1.807) is 0 Å². The van der Waals surface area contributed by atoms with Gasteiger partial charge in [-0.1, -0.05) is 13.8 Å². The minimum absolute atomic E-state index is 0.129. The van der Waals surface area contributed by atoms with Gasteiger partial charge in [0.25, 0.3) is 0 Å². The Hall–Kier alpha value is -0.0400. The second-order valence-electron chi connectivity index (χ2n) is 5.92. The monoisotopic (exact) mass is 210 g/mol. The summed E-state index contributed by atoms with van der Waals surface area (Å²) in [5, 5.41) is 0. The molecule has 0 atom stereocenters. The molecular formula is C14H26O. The lowest BCUT2D eigenvalue weighted by Gasteiger charge is -2.50. The summed E-state index contributed by atoms with van der Waals surface area (Å²) < 4.78 is 6.55. The Labute approximate surface area is 94.6 Å². The molecule has 0 saturated heterocycles. The molecule has 88 valence electrons. The average molecular weight is 210 g/mol. The first-order valence-electron chi connectivity index (χ1n) is 6.81. The SMILES string of the molecule is CCC(C)(CC)OC12CCC(CC1)CC2. The van der Waals surface area contributed by atoms with Gasteiger partial charge in [0.05, 0.1) is 11.2 Å². The average Bonchev–Trinajstić information content (AvgIpc) is 2.31. The zero-order chi connectivity index (χ0) is 10.9. The molecule has 0 unspecified atom stereocenters. The highest BCUT2D eigenvalue weighted by Crippen LogP contribution is 2.48. The van der Waals surface area contributed by atoms with Crippen LogP contribution in [0.25, 0.3) is 0 Å². The molecule has 0 aromatic rings. The first-order chi connectivity index (χ1) is 7.11. The van der Waals surface area contributed by atoms with E-state index >= 15 is 0 Å². The van der Waals surface area contributed by atoms with Gasteiger partial charge in [-0.2, -0.15) is 0 Å². The molecule has 15 heavy (non-hydrogen) atoms. The van der Waals surface area contributed by atoms with Crippen LogP contribution in [0.15, 0.2) is 0 Å². The molecule has 0 heterocycles. The van der Waals surface area contributed by atoms with E-state index in [-0.39, 0.29) is 11.2 Å². The fourth-order valence-electron chi connectivity index (χ4n) is 3.28. The highest BCUT2D eigenvalue weighted by molar-refractivity contribution is 4.95. The summed E-state index contributed by atoms with van der Waals surface area (Å²) in [5.41, 5.74) is 0.402. The fourth-order valence-corrected chi connectivity index (χ4v) is 3.28. The summed E-state index contributed by atoms with van der Waals surface area (Å²) >= 11 is 0. The second-order valence-corrected chi connectivity index (χ2v) is 5.92. The van der Waals surface area contributed by atoms with Crippen molar-refractivity contribution in [3.05, 3.63) is 0 Å². The molecule has 0 amide bonds. The highest BCUT2D eigenvalue weighted by atomic mass is 16.5. The summed E-state index contributed by atoms with van der Waals surface area (Å²) in [7, 11) is 0. The molecule has 2 bridgehead atoms. The molecular weight excluding hydrogens is 184 g/mol. The van der Waals surface area contributed by atoms with E-state index in [4.69, 9.17) is 4.74 Å². The summed E-state index contributed by atoms with van der Waals surface area (Å²) in [6.07, 6.45) is 10.5. The van der Waals surface area contributed by atoms with Gasteiger partial charge in [0.1, 0.15) is 0 Å². The van der Waals surface area contributed by atoms with Gasteiger partial charge in [0, 0.05) is 0 Å². The molecule has 0 radical (unpaired) electrons. The van der Waals surface area contributed by atoms with Crippen LogP contribution in [-0.4, -0.2) is 11.2 Å². The number of hydrogen-bond acceptors (Lipinski definition) is 1. The Morgan fingerprint density at radius 1 is 1.07 bits per heavy atom. The van der Waals surface area contributed by atoms with Crippen LogP contribution >= 0.6 is 0 Å². The van der Waals surface area contributed by atoms with E-state index in [2.05, 4.69) is 20.8 Å². The van der Waals surface area contributed by atoms with Crippen molar-refractivity contribution in [3.63, 3.8) is 0 Å². The van der Waals surface area contributed by atoms with Crippen LogP contribution in [0, 0.1) is 5.92 Å². The predicted molar refractivity (Wildman–Crippen MR) is 64.0 cm³/mol. The van der Waals surface area contributed by atoms with Crippen molar-refractivity contribution in [1.82, 2.24) is 0 Å². The maximum Gasteiger partial charge on any atom is 0.0690 e. The maximum absolute atomic E-state index is 6.55. The first kappa shape index (κ1) is 11.4. The topological polar surface area (TPSA) is 9.23 Å². The molecule has 0 aromatic heterocycles. The lowest BCUT2D eigenvalue weighted by molar-refractivity contribution is -0.190. The number of rotatable bonds is 4. The Balaban J connectivity index is 2.03. The molecule has 1 nitrogen and oxygen atoms in total. The van der Waals surface area contributed by atoms with Gasteiger partial charge in [-0.05, 0) is 64.2 Å². The molecule has 1 heteroatoms. The summed E-state index contributed by atoms with van der Waals surface area (Å²) in [6, 6.07) is 0. The van der Waals surface area contributed by atoms with Gasteiger partial charge >= 0.3 is 0 Å². The lowest BCUT2D eigenvalue weighted by Crippen LogP contribution is -2.48. The fraction of sp³-hybridized carbons (Fsp3) is 1.00. The molecule has 0 spiro atoms. The maximum atomic E-state index is 6.55. The van der Waals surface area contributed by atoms with Gasteiger partial charge in [-0.25, -0.2) is 0 Å².